The Kier molecular flexibility index (Phi) is 5.49. The molecule has 2 heterocycles. The predicted octanol–water partition coefficient (Wildman–Crippen LogP) is 0.713. The van der Waals surface area contributed by atoms with Crippen LogP contribution in [-0.2, 0) is 6.18 Å². The molecule has 9 heteroatoms. The monoisotopic (exact) mass is 358 g/mol. The summed E-state index contributed by atoms with van der Waals surface area (Å²) in [5.41, 5.74) is -0.189. The van der Waals surface area contributed by atoms with Crippen molar-refractivity contribution in [3.05, 3.63) is 29.8 Å². The Morgan fingerprint density at radius 2 is 1.88 bits per heavy atom. The minimum absolute atomic E-state index is 0.00616. The maximum absolute atomic E-state index is 12.8. The van der Waals surface area contributed by atoms with Gasteiger partial charge in [-0.3, -0.25) is 20.9 Å². The van der Waals surface area contributed by atoms with E-state index in [0.717, 1.165) is 38.3 Å². The molecule has 3 unspecified atom stereocenters. The zero-order valence-electron chi connectivity index (χ0n) is 14.4. The highest BCUT2D eigenvalue weighted by atomic mass is 19.4. The van der Waals surface area contributed by atoms with Crippen molar-refractivity contribution in [1.29, 1.82) is 0 Å². The first-order chi connectivity index (χ1) is 11.9. The summed E-state index contributed by atoms with van der Waals surface area (Å²) in [6.07, 6.45) is -4.39. The second kappa shape index (κ2) is 7.46. The molecule has 0 radical (unpaired) electrons. The second-order valence-corrected chi connectivity index (χ2v) is 6.54. The van der Waals surface area contributed by atoms with Gasteiger partial charge in [0.15, 0.2) is 0 Å². The molecule has 2 saturated heterocycles. The van der Waals surface area contributed by atoms with E-state index in [2.05, 4.69) is 38.1 Å². The van der Waals surface area contributed by atoms with Crippen molar-refractivity contribution in [2.45, 2.75) is 24.8 Å². The van der Waals surface area contributed by atoms with Crippen LogP contribution in [0.5, 0.6) is 0 Å². The van der Waals surface area contributed by atoms with Gasteiger partial charge in [-0.15, -0.1) is 0 Å². The van der Waals surface area contributed by atoms with Crippen LogP contribution in [0.25, 0.3) is 0 Å². The van der Waals surface area contributed by atoms with Crippen molar-refractivity contribution in [2.75, 3.05) is 45.6 Å². The molecular formula is C16H25F3N6. The fourth-order valence-electron chi connectivity index (χ4n) is 2.99. The van der Waals surface area contributed by atoms with Crippen LogP contribution in [0.3, 0.4) is 0 Å². The number of rotatable bonds is 6. The van der Waals surface area contributed by atoms with Crippen molar-refractivity contribution in [1.82, 2.24) is 25.8 Å². The number of anilines is 1. The molecule has 3 rings (SSSR count). The lowest BCUT2D eigenvalue weighted by Crippen LogP contribution is -2.60. The third-order valence-corrected chi connectivity index (χ3v) is 4.61. The summed E-state index contributed by atoms with van der Waals surface area (Å²) in [6, 6.07) is 5.26. The maximum atomic E-state index is 12.8. The van der Waals surface area contributed by atoms with Crippen LogP contribution in [-0.4, -0.2) is 68.7 Å². The molecular weight excluding hydrogens is 333 g/mol. The Morgan fingerprint density at radius 3 is 2.52 bits per heavy atom. The van der Waals surface area contributed by atoms with E-state index in [4.69, 9.17) is 0 Å². The molecule has 2 fully saturated rings. The van der Waals surface area contributed by atoms with E-state index in [9.17, 15) is 13.2 Å². The Bertz CT molecular complexity index is 573. The van der Waals surface area contributed by atoms with Crippen LogP contribution < -0.4 is 21.3 Å². The largest absolute Gasteiger partial charge is 0.416 e. The van der Waals surface area contributed by atoms with Crippen LogP contribution >= 0.6 is 0 Å². The highest BCUT2D eigenvalue weighted by Gasteiger charge is 2.39. The molecule has 0 saturated carbocycles. The number of piperazine rings is 1. The van der Waals surface area contributed by atoms with Crippen molar-refractivity contribution in [3.8, 4) is 0 Å². The maximum Gasteiger partial charge on any atom is 0.416 e. The van der Waals surface area contributed by atoms with Gasteiger partial charge in [0.05, 0.1) is 11.7 Å². The van der Waals surface area contributed by atoms with Crippen LogP contribution in [0.4, 0.5) is 18.9 Å². The van der Waals surface area contributed by atoms with Gasteiger partial charge in [-0.1, -0.05) is 6.07 Å². The Labute approximate surface area is 145 Å². The van der Waals surface area contributed by atoms with Gasteiger partial charge in [0.1, 0.15) is 12.5 Å². The van der Waals surface area contributed by atoms with Gasteiger partial charge in [0.25, 0.3) is 0 Å². The van der Waals surface area contributed by atoms with Crippen LogP contribution in [0.15, 0.2) is 24.3 Å². The Balaban J connectivity index is 1.51. The molecule has 25 heavy (non-hydrogen) atoms. The fourth-order valence-corrected chi connectivity index (χ4v) is 2.99. The molecule has 2 aliphatic rings. The smallest absolute Gasteiger partial charge is 0.367 e. The molecule has 1 aromatic carbocycles. The first-order valence-corrected chi connectivity index (χ1v) is 8.42. The van der Waals surface area contributed by atoms with Crippen LogP contribution in [0, 0.1) is 0 Å². The average Bonchev–Trinajstić information content (AvgIpc) is 3.30. The number of nitrogens with one attached hydrogen (secondary N) is 4. The summed E-state index contributed by atoms with van der Waals surface area (Å²) < 4.78 is 38.3. The van der Waals surface area contributed by atoms with E-state index in [1.807, 2.05) is 7.05 Å². The zero-order valence-corrected chi connectivity index (χ0v) is 14.4. The van der Waals surface area contributed by atoms with Crippen molar-refractivity contribution >= 4 is 5.69 Å². The normalized spacial score (nSPS) is 26.4. The van der Waals surface area contributed by atoms with E-state index >= 15 is 0 Å². The molecule has 1 aromatic rings. The quantitative estimate of drug-likeness (QED) is 0.444. The van der Waals surface area contributed by atoms with E-state index in [1.165, 1.54) is 6.07 Å². The second-order valence-electron chi connectivity index (χ2n) is 6.54. The Morgan fingerprint density at radius 1 is 1.16 bits per heavy atom. The lowest BCUT2D eigenvalue weighted by Gasteiger charge is -2.38. The fraction of sp³-hybridized carbons (Fsp3) is 0.625. The van der Waals surface area contributed by atoms with E-state index in [1.54, 1.807) is 6.07 Å². The molecule has 3 atom stereocenters. The Hall–Kier alpha value is -1.39. The van der Waals surface area contributed by atoms with Gasteiger partial charge in [-0.2, -0.15) is 13.2 Å². The van der Waals surface area contributed by atoms with Gasteiger partial charge in [0.2, 0.25) is 0 Å². The first-order valence-electron chi connectivity index (χ1n) is 8.42. The molecule has 4 N–H and O–H groups in total. The van der Waals surface area contributed by atoms with Gasteiger partial charge < -0.3 is 10.2 Å². The van der Waals surface area contributed by atoms with Gasteiger partial charge >= 0.3 is 6.18 Å². The average molecular weight is 358 g/mol. The molecule has 0 aromatic heterocycles. The number of halogens is 3. The standard InChI is InChI=1S/C16H25F3N6/c1-20-15(25-8-6-24(2)7-9-25)23-14-13(22-14)21-12-5-3-4-11(10-12)16(17,18)19/h3-5,10,13-15,20-23H,6-9H2,1-2H3. The summed E-state index contributed by atoms with van der Waals surface area (Å²) in [5, 5.41) is 13.0. The highest BCUT2D eigenvalue weighted by molar-refractivity contribution is 5.48. The summed E-state index contributed by atoms with van der Waals surface area (Å²) in [4.78, 5) is 4.61. The van der Waals surface area contributed by atoms with E-state index in [-0.39, 0.29) is 18.6 Å². The van der Waals surface area contributed by atoms with Gasteiger partial charge in [0, 0.05) is 31.9 Å². The molecule has 2 aliphatic heterocycles. The summed E-state index contributed by atoms with van der Waals surface area (Å²) in [5.74, 6) is 0. The number of hydrogen-bond donors (Lipinski definition) is 4. The lowest BCUT2D eigenvalue weighted by atomic mass is 10.2. The molecule has 0 bridgehead atoms. The highest BCUT2D eigenvalue weighted by Crippen LogP contribution is 2.31. The van der Waals surface area contributed by atoms with Gasteiger partial charge in [-0.05, 0) is 32.3 Å². The third-order valence-electron chi connectivity index (χ3n) is 4.61. The van der Waals surface area contributed by atoms with Crippen molar-refractivity contribution in [3.63, 3.8) is 0 Å². The lowest BCUT2D eigenvalue weighted by molar-refractivity contribution is -0.137. The topological polar surface area (TPSA) is 64.5 Å². The predicted molar refractivity (Wildman–Crippen MR) is 90.8 cm³/mol. The zero-order chi connectivity index (χ0) is 18.0. The van der Waals surface area contributed by atoms with Crippen LogP contribution in [0.2, 0.25) is 0 Å². The molecule has 0 spiro atoms. The van der Waals surface area contributed by atoms with E-state index < -0.39 is 11.7 Å². The molecule has 140 valence electrons. The molecule has 6 nitrogen and oxygen atoms in total. The number of benzene rings is 1. The molecule has 0 aliphatic carbocycles. The van der Waals surface area contributed by atoms with Gasteiger partial charge in [-0.25, -0.2) is 0 Å². The number of nitrogens with zero attached hydrogens (tertiary/aromatic N) is 2. The van der Waals surface area contributed by atoms with E-state index in [0.29, 0.717) is 5.69 Å². The van der Waals surface area contributed by atoms with Crippen molar-refractivity contribution < 1.29 is 13.2 Å². The van der Waals surface area contributed by atoms with Crippen LogP contribution in [0.1, 0.15) is 5.56 Å². The number of alkyl halides is 3. The number of likely N-dealkylation sites (N-methyl/N-ethyl adjacent to an activating group) is 1. The minimum Gasteiger partial charge on any atom is -0.367 e. The summed E-state index contributed by atoms with van der Waals surface area (Å²) in [6.45, 7) is 3.97. The minimum atomic E-state index is -4.33. The molecule has 0 amide bonds. The number of hydrogen-bond acceptors (Lipinski definition) is 6. The third kappa shape index (κ3) is 4.83. The summed E-state index contributed by atoms with van der Waals surface area (Å²) in [7, 11) is 4.00. The summed E-state index contributed by atoms with van der Waals surface area (Å²) >= 11 is 0. The first kappa shape index (κ1) is 18.4. The van der Waals surface area contributed by atoms with Crippen molar-refractivity contribution in [2.24, 2.45) is 0 Å². The SMILES string of the molecule is CNC(NC1NC1Nc1cccc(C(F)(F)F)c1)N1CCN(C)CC1.